The summed E-state index contributed by atoms with van der Waals surface area (Å²) in [6.45, 7) is 3.45. The van der Waals surface area contributed by atoms with E-state index in [1.165, 1.54) is 11.1 Å². The Morgan fingerprint density at radius 2 is 2.06 bits per heavy atom. The van der Waals surface area contributed by atoms with Crippen LogP contribution in [0, 0.1) is 6.92 Å². The monoisotopic (exact) mass is 246 g/mol. The van der Waals surface area contributed by atoms with Gasteiger partial charge in [0.15, 0.2) is 0 Å². The molecule has 0 amide bonds. The highest BCUT2D eigenvalue weighted by Gasteiger charge is 2.11. The van der Waals surface area contributed by atoms with Crippen molar-refractivity contribution in [3.05, 3.63) is 41.3 Å². The number of aryl methyl sites for hydroxylation is 1. The topological polar surface area (TPSA) is 54.2 Å². The molecule has 0 radical (unpaired) electrons. The lowest BCUT2D eigenvalue weighted by Crippen LogP contribution is -2.17. The molecule has 0 saturated carbocycles. The van der Waals surface area contributed by atoms with Crippen LogP contribution in [0.3, 0.4) is 0 Å². The molecule has 2 rings (SSSR count). The third-order valence-electron chi connectivity index (χ3n) is 2.78. The van der Waals surface area contributed by atoms with Crippen LogP contribution in [0.4, 0.5) is 6.01 Å². The molecule has 2 aromatic rings. The SMILES string of the molecule is CNCc1nnc(N(C)Cc2ccccc2C)o1. The molecular weight excluding hydrogens is 228 g/mol. The van der Waals surface area contributed by atoms with E-state index in [-0.39, 0.29) is 0 Å². The van der Waals surface area contributed by atoms with Crippen molar-refractivity contribution in [2.24, 2.45) is 0 Å². The van der Waals surface area contributed by atoms with Crippen LogP contribution in [0.25, 0.3) is 0 Å². The van der Waals surface area contributed by atoms with Crippen molar-refractivity contribution >= 4 is 6.01 Å². The second kappa shape index (κ2) is 5.64. The first-order valence-corrected chi connectivity index (χ1v) is 5.93. The average molecular weight is 246 g/mol. The van der Waals surface area contributed by atoms with Gasteiger partial charge in [0.05, 0.1) is 6.54 Å². The van der Waals surface area contributed by atoms with Crippen molar-refractivity contribution in [3.63, 3.8) is 0 Å². The lowest BCUT2D eigenvalue weighted by atomic mass is 10.1. The molecule has 0 unspecified atom stereocenters. The van der Waals surface area contributed by atoms with E-state index in [2.05, 4.69) is 34.6 Å². The fourth-order valence-electron chi connectivity index (χ4n) is 1.73. The molecule has 1 aromatic carbocycles. The third kappa shape index (κ3) is 2.87. The maximum absolute atomic E-state index is 5.54. The third-order valence-corrected chi connectivity index (χ3v) is 2.78. The van der Waals surface area contributed by atoms with Crippen LogP contribution in [-0.2, 0) is 13.1 Å². The molecule has 1 N–H and O–H groups in total. The summed E-state index contributed by atoms with van der Waals surface area (Å²) in [5.41, 5.74) is 2.52. The largest absolute Gasteiger partial charge is 0.407 e. The Bertz CT molecular complexity index is 509. The van der Waals surface area contributed by atoms with E-state index in [0.717, 1.165) is 6.54 Å². The van der Waals surface area contributed by atoms with Gasteiger partial charge < -0.3 is 14.6 Å². The second-order valence-corrected chi connectivity index (χ2v) is 4.29. The first kappa shape index (κ1) is 12.6. The number of anilines is 1. The highest BCUT2D eigenvalue weighted by molar-refractivity contribution is 5.31. The van der Waals surface area contributed by atoms with Gasteiger partial charge in [-0.3, -0.25) is 0 Å². The van der Waals surface area contributed by atoms with Gasteiger partial charge in [0.2, 0.25) is 5.89 Å². The Kier molecular flexibility index (Phi) is 3.94. The molecule has 1 aromatic heterocycles. The van der Waals surface area contributed by atoms with Crippen molar-refractivity contribution in [2.45, 2.75) is 20.0 Å². The summed E-state index contributed by atoms with van der Waals surface area (Å²) in [6.07, 6.45) is 0. The number of aromatic nitrogens is 2. The van der Waals surface area contributed by atoms with E-state index < -0.39 is 0 Å². The molecule has 0 aliphatic rings. The molecule has 0 atom stereocenters. The average Bonchev–Trinajstić information content (AvgIpc) is 2.81. The zero-order valence-corrected chi connectivity index (χ0v) is 11.0. The van der Waals surface area contributed by atoms with Crippen molar-refractivity contribution in [3.8, 4) is 0 Å². The molecule has 5 nitrogen and oxygen atoms in total. The van der Waals surface area contributed by atoms with E-state index in [4.69, 9.17) is 4.42 Å². The fraction of sp³-hybridized carbons (Fsp3) is 0.385. The van der Waals surface area contributed by atoms with Gasteiger partial charge >= 0.3 is 6.01 Å². The van der Waals surface area contributed by atoms with E-state index in [0.29, 0.717) is 18.5 Å². The lowest BCUT2D eigenvalue weighted by Gasteiger charge is -2.15. The molecule has 96 valence electrons. The molecular formula is C13H18N4O. The number of nitrogens with one attached hydrogen (secondary N) is 1. The molecule has 0 saturated heterocycles. The van der Waals surface area contributed by atoms with Crippen molar-refractivity contribution in [1.82, 2.24) is 15.5 Å². The van der Waals surface area contributed by atoms with Crippen LogP contribution in [-0.4, -0.2) is 24.3 Å². The maximum atomic E-state index is 5.54. The van der Waals surface area contributed by atoms with Crippen molar-refractivity contribution in [1.29, 1.82) is 0 Å². The van der Waals surface area contributed by atoms with Crippen molar-refractivity contribution < 1.29 is 4.42 Å². The fourth-order valence-corrected chi connectivity index (χ4v) is 1.73. The van der Waals surface area contributed by atoms with Crippen LogP contribution >= 0.6 is 0 Å². The minimum absolute atomic E-state index is 0.545. The highest BCUT2D eigenvalue weighted by atomic mass is 16.4. The van der Waals surface area contributed by atoms with Crippen LogP contribution < -0.4 is 10.2 Å². The number of rotatable bonds is 5. The lowest BCUT2D eigenvalue weighted by molar-refractivity contribution is 0.475. The first-order chi connectivity index (χ1) is 8.70. The van der Waals surface area contributed by atoms with Crippen LogP contribution in [0.2, 0.25) is 0 Å². The Balaban J connectivity index is 2.07. The summed E-state index contributed by atoms with van der Waals surface area (Å²) in [7, 11) is 3.80. The van der Waals surface area contributed by atoms with Gasteiger partial charge in [-0.1, -0.05) is 29.4 Å². The van der Waals surface area contributed by atoms with E-state index >= 15 is 0 Å². The zero-order chi connectivity index (χ0) is 13.0. The number of hydrogen-bond donors (Lipinski definition) is 1. The summed E-state index contributed by atoms with van der Waals surface area (Å²) in [4.78, 5) is 1.95. The Morgan fingerprint density at radius 1 is 1.28 bits per heavy atom. The number of nitrogens with zero attached hydrogens (tertiary/aromatic N) is 3. The molecule has 18 heavy (non-hydrogen) atoms. The summed E-state index contributed by atoms with van der Waals surface area (Å²) >= 11 is 0. The molecule has 0 fully saturated rings. The standard InChI is InChI=1S/C13H18N4O/c1-10-6-4-5-7-11(10)9-17(3)13-16-15-12(18-13)8-14-2/h4-7,14H,8-9H2,1-3H3. The van der Waals surface area contributed by atoms with Gasteiger partial charge in [0.1, 0.15) is 0 Å². The van der Waals surface area contributed by atoms with Gasteiger partial charge in [0.25, 0.3) is 0 Å². The maximum Gasteiger partial charge on any atom is 0.318 e. The van der Waals surface area contributed by atoms with Crippen LogP contribution in [0.1, 0.15) is 17.0 Å². The number of benzene rings is 1. The van der Waals surface area contributed by atoms with E-state index in [1.54, 1.807) is 0 Å². The first-order valence-electron chi connectivity index (χ1n) is 5.93. The predicted molar refractivity (Wildman–Crippen MR) is 70.3 cm³/mol. The predicted octanol–water partition coefficient (Wildman–Crippen LogP) is 1.73. The Labute approximate surface area is 107 Å². The molecule has 0 aliphatic carbocycles. The molecule has 0 spiro atoms. The Hall–Kier alpha value is -1.88. The summed E-state index contributed by atoms with van der Waals surface area (Å²) in [5, 5.41) is 11.0. The van der Waals surface area contributed by atoms with Gasteiger partial charge in [-0.05, 0) is 25.1 Å². The summed E-state index contributed by atoms with van der Waals surface area (Å²) in [6, 6.07) is 8.83. The smallest absolute Gasteiger partial charge is 0.318 e. The molecule has 5 heteroatoms. The highest BCUT2D eigenvalue weighted by Crippen LogP contribution is 2.15. The van der Waals surface area contributed by atoms with Crippen LogP contribution in [0.15, 0.2) is 28.7 Å². The normalized spacial score (nSPS) is 10.6. The molecule has 0 aliphatic heterocycles. The summed E-state index contributed by atoms with van der Waals surface area (Å²) in [5.74, 6) is 0.601. The molecule has 1 heterocycles. The van der Waals surface area contributed by atoms with Gasteiger partial charge in [-0.2, -0.15) is 0 Å². The van der Waals surface area contributed by atoms with Gasteiger partial charge in [0, 0.05) is 13.6 Å². The van der Waals surface area contributed by atoms with E-state index in [1.807, 2.05) is 31.1 Å². The summed E-state index contributed by atoms with van der Waals surface area (Å²) < 4.78 is 5.54. The molecule has 0 bridgehead atoms. The number of hydrogen-bond acceptors (Lipinski definition) is 5. The minimum Gasteiger partial charge on any atom is -0.407 e. The van der Waals surface area contributed by atoms with Gasteiger partial charge in [-0.25, -0.2) is 0 Å². The van der Waals surface area contributed by atoms with E-state index in [9.17, 15) is 0 Å². The van der Waals surface area contributed by atoms with Crippen molar-refractivity contribution in [2.75, 3.05) is 19.0 Å². The Morgan fingerprint density at radius 3 is 2.78 bits per heavy atom. The zero-order valence-electron chi connectivity index (χ0n) is 11.0. The van der Waals surface area contributed by atoms with Crippen LogP contribution in [0.5, 0.6) is 0 Å². The quantitative estimate of drug-likeness (QED) is 0.870. The van der Waals surface area contributed by atoms with Gasteiger partial charge in [-0.15, -0.1) is 5.10 Å². The second-order valence-electron chi connectivity index (χ2n) is 4.29. The minimum atomic E-state index is 0.545.